The number of carbonyl (C=O) groups excluding carboxylic acids is 3. The van der Waals surface area contributed by atoms with Crippen molar-refractivity contribution >= 4 is 29.6 Å². The maximum atomic E-state index is 12.6. The van der Waals surface area contributed by atoms with Crippen molar-refractivity contribution in [2.45, 2.75) is 36.6 Å². The first kappa shape index (κ1) is 17.4. The fourth-order valence-corrected chi connectivity index (χ4v) is 5.41. The largest absolute Gasteiger partial charge is 0.354 e. The molecule has 2 N–H and O–H groups in total. The number of imide groups is 1. The van der Waals surface area contributed by atoms with Gasteiger partial charge >= 0.3 is 6.03 Å². The molecule has 0 aromatic heterocycles. The van der Waals surface area contributed by atoms with Crippen LogP contribution in [0.25, 0.3) is 0 Å². The number of benzene rings is 1. The van der Waals surface area contributed by atoms with Crippen molar-refractivity contribution in [3.63, 3.8) is 0 Å². The number of nitrogens with one attached hydrogen (secondary N) is 2. The third-order valence-corrected chi connectivity index (χ3v) is 7.08. The van der Waals surface area contributed by atoms with Crippen LogP contribution in [0.3, 0.4) is 0 Å². The van der Waals surface area contributed by atoms with Crippen LogP contribution in [-0.2, 0) is 15.0 Å². The number of hydrogen-bond donors (Lipinski definition) is 2. The number of hydrogen-bond acceptors (Lipinski definition) is 4. The second-order valence-corrected chi connectivity index (χ2v) is 8.59. The first-order valence-electron chi connectivity index (χ1n) is 9.09. The van der Waals surface area contributed by atoms with E-state index in [2.05, 4.69) is 22.8 Å². The second-order valence-electron chi connectivity index (χ2n) is 7.48. The quantitative estimate of drug-likeness (QED) is 0.770. The summed E-state index contributed by atoms with van der Waals surface area (Å²) in [5, 5.41) is 5.74. The summed E-state index contributed by atoms with van der Waals surface area (Å²) in [4.78, 5) is 38.3. The lowest BCUT2D eigenvalue weighted by Crippen LogP contribution is -2.49. The maximum Gasteiger partial charge on any atom is 0.325 e. The van der Waals surface area contributed by atoms with Crippen LogP contribution in [0.4, 0.5) is 4.79 Å². The molecule has 1 saturated carbocycles. The molecular weight excluding hydrogens is 350 g/mol. The molecule has 1 aliphatic carbocycles. The Bertz CT molecular complexity index is 727. The monoisotopic (exact) mass is 373 g/mol. The maximum absolute atomic E-state index is 12.6. The minimum Gasteiger partial charge on any atom is -0.354 e. The van der Waals surface area contributed by atoms with Gasteiger partial charge in [-0.15, -0.1) is 0 Å². The molecular formula is C19H23N3O3S. The molecule has 0 radical (unpaired) electrons. The molecule has 138 valence electrons. The highest BCUT2D eigenvalue weighted by Crippen LogP contribution is 2.43. The summed E-state index contributed by atoms with van der Waals surface area (Å²) < 4.78 is 0. The number of rotatable bonds is 5. The van der Waals surface area contributed by atoms with Gasteiger partial charge in [-0.2, -0.15) is 11.8 Å². The van der Waals surface area contributed by atoms with Gasteiger partial charge in [0.15, 0.2) is 0 Å². The van der Waals surface area contributed by atoms with Crippen molar-refractivity contribution in [2.75, 3.05) is 24.6 Å². The van der Waals surface area contributed by atoms with E-state index in [1.165, 1.54) is 5.56 Å². The Balaban J connectivity index is 1.37. The molecule has 3 fully saturated rings. The van der Waals surface area contributed by atoms with Crippen LogP contribution in [0.2, 0.25) is 0 Å². The van der Waals surface area contributed by atoms with Crippen LogP contribution in [-0.4, -0.2) is 52.9 Å². The van der Waals surface area contributed by atoms with Crippen molar-refractivity contribution < 1.29 is 14.4 Å². The van der Waals surface area contributed by atoms with Gasteiger partial charge in [0, 0.05) is 17.7 Å². The van der Waals surface area contributed by atoms with Gasteiger partial charge in [0.05, 0.1) is 0 Å². The highest BCUT2D eigenvalue weighted by atomic mass is 32.2. The number of thioether (sulfide) groups is 1. The van der Waals surface area contributed by atoms with Crippen LogP contribution in [0, 0.1) is 0 Å². The molecule has 4 rings (SSSR count). The Hall–Kier alpha value is -2.02. The molecule has 2 saturated heterocycles. The number of urea groups is 1. The molecule has 2 heterocycles. The zero-order valence-corrected chi connectivity index (χ0v) is 15.4. The first-order chi connectivity index (χ1) is 12.5. The fraction of sp³-hybridized carbons (Fsp3) is 0.526. The van der Waals surface area contributed by atoms with E-state index in [9.17, 15) is 14.4 Å². The average molecular weight is 373 g/mol. The molecule has 0 bridgehead atoms. The van der Waals surface area contributed by atoms with E-state index in [0.717, 1.165) is 29.9 Å². The molecule has 2 aliphatic heterocycles. The number of carbonyl (C=O) groups is 3. The van der Waals surface area contributed by atoms with Crippen LogP contribution >= 0.6 is 11.8 Å². The smallest absolute Gasteiger partial charge is 0.325 e. The van der Waals surface area contributed by atoms with Crippen LogP contribution in [0.15, 0.2) is 30.3 Å². The molecule has 3 aliphatic rings. The van der Waals surface area contributed by atoms with E-state index in [0.29, 0.717) is 18.7 Å². The minimum atomic E-state index is -0.790. The standard InChI is InChI=1S/C19H23N3O3S/c23-15(11-22-16(24)19(21-17(22)25)9-10-26-13-19)20-12-18(7-4-8-18)14-5-2-1-3-6-14/h1-3,5-6H,4,7-13H2,(H,20,23)(H,21,25). The van der Waals surface area contributed by atoms with Crippen molar-refractivity contribution in [1.29, 1.82) is 0 Å². The van der Waals surface area contributed by atoms with E-state index in [4.69, 9.17) is 0 Å². The van der Waals surface area contributed by atoms with Gasteiger partial charge in [0.25, 0.3) is 5.91 Å². The molecule has 1 aromatic carbocycles. The topological polar surface area (TPSA) is 78.5 Å². The predicted octanol–water partition coefficient (Wildman–Crippen LogP) is 1.65. The summed E-state index contributed by atoms with van der Waals surface area (Å²) in [6.07, 6.45) is 3.87. The van der Waals surface area contributed by atoms with Gasteiger partial charge in [-0.3, -0.25) is 14.5 Å². The third kappa shape index (κ3) is 2.88. The fourth-order valence-electron chi connectivity index (χ4n) is 4.08. The Labute approximate surface area is 157 Å². The van der Waals surface area contributed by atoms with Crippen molar-refractivity contribution in [2.24, 2.45) is 0 Å². The van der Waals surface area contributed by atoms with E-state index in [1.807, 2.05) is 18.2 Å². The van der Waals surface area contributed by atoms with Crippen molar-refractivity contribution in [1.82, 2.24) is 15.5 Å². The Morgan fingerprint density at radius 1 is 1.19 bits per heavy atom. The third-order valence-electron chi connectivity index (χ3n) is 5.89. The molecule has 1 atom stereocenters. The van der Waals surface area contributed by atoms with E-state index in [-0.39, 0.29) is 23.8 Å². The number of nitrogens with zero attached hydrogens (tertiary/aromatic N) is 1. The van der Waals surface area contributed by atoms with Gasteiger partial charge in [-0.1, -0.05) is 36.8 Å². The predicted molar refractivity (Wildman–Crippen MR) is 99.9 cm³/mol. The molecule has 1 spiro atoms. The van der Waals surface area contributed by atoms with Gasteiger partial charge in [-0.25, -0.2) is 4.79 Å². The molecule has 26 heavy (non-hydrogen) atoms. The molecule has 1 aromatic rings. The summed E-state index contributed by atoms with van der Waals surface area (Å²) in [5.41, 5.74) is 0.433. The van der Waals surface area contributed by atoms with Gasteiger partial charge in [0.2, 0.25) is 5.91 Å². The van der Waals surface area contributed by atoms with Crippen LogP contribution in [0.5, 0.6) is 0 Å². The Kier molecular flexibility index (Phi) is 4.42. The van der Waals surface area contributed by atoms with E-state index >= 15 is 0 Å². The Morgan fingerprint density at radius 2 is 1.96 bits per heavy atom. The molecule has 4 amide bonds. The van der Waals surface area contributed by atoms with Crippen molar-refractivity contribution in [3.8, 4) is 0 Å². The highest BCUT2D eigenvalue weighted by molar-refractivity contribution is 7.99. The summed E-state index contributed by atoms with van der Waals surface area (Å²) in [6.45, 7) is 0.336. The molecule has 7 heteroatoms. The zero-order chi connectivity index (χ0) is 18.2. The van der Waals surface area contributed by atoms with Crippen LogP contribution in [0.1, 0.15) is 31.2 Å². The van der Waals surface area contributed by atoms with E-state index in [1.54, 1.807) is 11.8 Å². The SMILES string of the molecule is O=C(CN1C(=O)NC2(CCSC2)C1=O)NCC1(c2ccccc2)CCC1. The van der Waals surface area contributed by atoms with Gasteiger partial charge in [-0.05, 0) is 30.6 Å². The zero-order valence-electron chi connectivity index (χ0n) is 14.6. The lowest BCUT2D eigenvalue weighted by atomic mass is 9.64. The molecule has 6 nitrogen and oxygen atoms in total. The molecule has 1 unspecified atom stereocenters. The summed E-state index contributed by atoms with van der Waals surface area (Å²) in [6, 6.07) is 9.78. The van der Waals surface area contributed by atoms with Gasteiger partial charge < -0.3 is 10.6 Å². The lowest BCUT2D eigenvalue weighted by molar-refractivity contribution is -0.134. The summed E-state index contributed by atoms with van der Waals surface area (Å²) in [5.74, 6) is 0.904. The normalized spacial score (nSPS) is 26.7. The lowest BCUT2D eigenvalue weighted by Gasteiger charge is -2.42. The van der Waals surface area contributed by atoms with Crippen LogP contribution < -0.4 is 10.6 Å². The number of amides is 4. The second kappa shape index (κ2) is 6.61. The first-order valence-corrected chi connectivity index (χ1v) is 10.2. The summed E-state index contributed by atoms with van der Waals surface area (Å²) in [7, 11) is 0. The highest BCUT2D eigenvalue weighted by Gasteiger charge is 2.53. The average Bonchev–Trinajstić information content (AvgIpc) is 3.16. The minimum absolute atomic E-state index is 0.0164. The van der Waals surface area contributed by atoms with Gasteiger partial charge in [0.1, 0.15) is 12.1 Å². The van der Waals surface area contributed by atoms with Crippen molar-refractivity contribution in [3.05, 3.63) is 35.9 Å². The van der Waals surface area contributed by atoms with E-state index < -0.39 is 11.6 Å². The summed E-state index contributed by atoms with van der Waals surface area (Å²) >= 11 is 1.66. The Morgan fingerprint density at radius 3 is 2.58 bits per heavy atom.